The molecule has 0 amide bonds. The lowest BCUT2D eigenvalue weighted by atomic mass is 9.87. The third kappa shape index (κ3) is 3.59. The van der Waals surface area contributed by atoms with Crippen molar-refractivity contribution < 1.29 is 8.42 Å². The van der Waals surface area contributed by atoms with Crippen LogP contribution < -0.4 is 4.72 Å². The summed E-state index contributed by atoms with van der Waals surface area (Å²) in [6.07, 6.45) is 1.51. The fourth-order valence-corrected chi connectivity index (χ4v) is 3.58. The summed E-state index contributed by atoms with van der Waals surface area (Å²) in [6, 6.07) is 8.69. The molecule has 118 valence electrons. The van der Waals surface area contributed by atoms with Gasteiger partial charge in [-0.05, 0) is 41.7 Å². The van der Waals surface area contributed by atoms with Crippen LogP contribution in [0, 0.1) is 6.92 Å². The van der Waals surface area contributed by atoms with E-state index in [1.807, 2.05) is 32.9 Å². The highest BCUT2D eigenvalue weighted by atomic mass is 35.5. The Labute approximate surface area is 136 Å². The van der Waals surface area contributed by atoms with E-state index >= 15 is 0 Å². The molecule has 0 bridgehead atoms. The van der Waals surface area contributed by atoms with Gasteiger partial charge >= 0.3 is 0 Å². The molecule has 0 radical (unpaired) electrons. The van der Waals surface area contributed by atoms with Crippen LogP contribution in [0.25, 0.3) is 0 Å². The Kier molecular flexibility index (Phi) is 4.49. The average Bonchev–Trinajstić information content (AvgIpc) is 2.40. The summed E-state index contributed by atoms with van der Waals surface area (Å²) in [5.41, 5.74) is 1.77. The molecular weight excluding hydrogens is 320 g/mol. The van der Waals surface area contributed by atoms with Crippen LogP contribution in [0.5, 0.6) is 0 Å². The SMILES string of the molecule is Cc1ccc(C(C)(C)C)cc1S(=O)(=O)Nc1cccnc1Cl. The van der Waals surface area contributed by atoms with E-state index in [0.29, 0.717) is 5.56 Å². The minimum atomic E-state index is -3.72. The number of aromatic nitrogens is 1. The maximum absolute atomic E-state index is 12.7. The summed E-state index contributed by atoms with van der Waals surface area (Å²) in [6.45, 7) is 7.89. The molecule has 0 saturated heterocycles. The van der Waals surface area contributed by atoms with Gasteiger partial charge in [0.15, 0.2) is 5.15 Å². The van der Waals surface area contributed by atoms with E-state index in [-0.39, 0.29) is 21.2 Å². The number of hydrogen-bond acceptors (Lipinski definition) is 3. The van der Waals surface area contributed by atoms with Crippen LogP contribution in [-0.2, 0) is 15.4 Å². The number of anilines is 1. The first-order valence-electron chi connectivity index (χ1n) is 6.86. The molecule has 2 rings (SSSR count). The molecule has 22 heavy (non-hydrogen) atoms. The van der Waals surface area contributed by atoms with Crippen molar-refractivity contribution in [3.63, 3.8) is 0 Å². The molecule has 0 saturated carbocycles. The summed E-state index contributed by atoms with van der Waals surface area (Å²) in [7, 11) is -3.72. The van der Waals surface area contributed by atoms with Crippen LogP contribution in [0.1, 0.15) is 31.9 Å². The van der Waals surface area contributed by atoms with Crippen molar-refractivity contribution in [1.82, 2.24) is 4.98 Å². The Balaban J connectivity index is 2.48. The molecule has 0 aliphatic carbocycles. The molecular formula is C16H19ClN2O2S. The molecule has 4 nitrogen and oxygen atoms in total. The van der Waals surface area contributed by atoms with Gasteiger partial charge in [0.25, 0.3) is 10.0 Å². The Hall–Kier alpha value is -1.59. The van der Waals surface area contributed by atoms with E-state index < -0.39 is 10.0 Å². The van der Waals surface area contributed by atoms with Crippen molar-refractivity contribution in [2.45, 2.75) is 38.0 Å². The molecule has 1 aromatic carbocycles. The molecule has 0 spiro atoms. The second-order valence-electron chi connectivity index (χ2n) is 6.18. The van der Waals surface area contributed by atoms with Gasteiger partial charge in [0.2, 0.25) is 0 Å². The van der Waals surface area contributed by atoms with Crippen molar-refractivity contribution in [3.8, 4) is 0 Å². The fraction of sp³-hybridized carbons (Fsp3) is 0.312. The van der Waals surface area contributed by atoms with Crippen molar-refractivity contribution in [3.05, 3.63) is 52.8 Å². The molecule has 0 unspecified atom stereocenters. The number of nitrogens with one attached hydrogen (secondary N) is 1. The van der Waals surface area contributed by atoms with Crippen molar-refractivity contribution >= 4 is 27.3 Å². The number of nitrogens with zero attached hydrogens (tertiary/aromatic N) is 1. The summed E-state index contributed by atoms with van der Waals surface area (Å²) in [5.74, 6) is 0. The number of hydrogen-bond donors (Lipinski definition) is 1. The van der Waals surface area contributed by atoms with Crippen LogP contribution in [0.2, 0.25) is 5.15 Å². The standard InChI is InChI=1S/C16H19ClN2O2S/c1-11-7-8-12(16(2,3)4)10-14(11)22(20,21)19-13-6-5-9-18-15(13)17/h5-10,19H,1-4H3. The third-order valence-electron chi connectivity index (χ3n) is 3.35. The Morgan fingerprint density at radius 2 is 1.86 bits per heavy atom. The van der Waals surface area contributed by atoms with Gasteiger partial charge in [-0.25, -0.2) is 13.4 Å². The van der Waals surface area contributed by atoms with Gasteiger partial charge in [0, 0.05) is 6.20 Å². The number of rotatable bonds is 3. The van der Waals surface area contributed by atoms with Crippen molar-refractivity contribution in [1.29, 1.82) is 0 Å². The zero-order valence-electron chi connectivity index (χ0n) is 13.0. The molecule has 1 N–H and O–H groups in total. The van der Waals surface area contributed by atoms with Crippen LogP contribution in [0.15, 0.2) is 41.4 Å². The normalized spacial score (nSPS) is 12.2. The number of sulfonamides is 1. The number of pyridine rings is 1. The van der Waals surface area contributed by atoms with Crippen molar-refractivity contribution in [2.75, 3.05) is 4.72 Å². The van der Waals surface area contributed by atoms with E-state index in [4.69, 9.17) is 11.6 Å². The van der Waals surface area contributed by atoms with E-state index in [1.54, 1.807) is 25.1 Å². The van der Waals surface area contributed by atoms with Gasteiger partial charge in [0.1, 0.15) is 0 Å². The molecule has 0 aliphatic heterocycles. The van der Waals surface area contributed by atoms with E-state index in [0.717, 1.165) is 5.56 Å². The first-order valence-corrected chi connectivity index (χ1v) is 8.72. The maximum atomic E-state index is 12.7. The van der Waals surface area contributed by atoms with Crippen LogP contribution in [-0.4, -0.2) is 13.4 Å². The van der Waals surface area contributed by atoms with Crippen LogP contribution in [0.3, 0.4) is 0 Å². The fourth-order valence-electron chi connectivity index (χ4n) is 2.02. The highest BCUT2D eigenvalue weighted by Crippen LogP contribution is 2.28. The van der Waals surface area contributed by atoms with Crippen LogP contribution in [0.4, 0.5) is 5.69 Å². The minimum Gasteiger partial charge on any atom is -0.276 e. The first kappa shape index (κ1) is 16.8. The van der Waals surface area contributed by atoms with Crippen LogP contribution >= 0.6 is 11.6 Å². The molecule has 0 atom stereocenters. The summed E-state index contributed by atoms with van der Waals surface area (Å²) >= 11 is 5.92. The molecule has 0 aliphatic rings. The topological polar surface area (TPSA) is 59.1 Å². The first-order chi connectivity index (χ1) is 10.1. The number of halogens is 1. The lowest BCUT2D eigenvalue weighted by molar-refractivity contribution is 0.584. The second kappa shape index (κ2) is 5.89. The van der Waals surface area contributed by atoms with Gasteiger partial charge < -0.3 is 0 Å². The molecule has 6 heteroatoms. The van der Waals surface area contributed by atoms with E-state index in [9.17, 15) is 8.42 Å². The third-order valence-corrected chi connectivity index (χ3v) is 5.16. The summed E-state index contributed by atoms with van der Waals surface area (Å²) in [4.78, 5) is 4.12. The Morgan fingerprint density at radius 1 is 1.18 bits per heavy atom. The monoisotopic (exact) mass is 338 g/mol. The van der Waals surface area contributed by atoms with Crippen molar-refractivity contribution in [2.24, 2.45) is 0 Å². The Bertz CT molecular complexity index is 796. The predicted molar refractivity (Wildman–Crippen MR) is 89.9 cm³/mol. The highest BCUT2D eigenvalue weighted by Gasteiger charge is 2.22. The zero-order valence-corrected chi connectivity index (χ0v) is 14.6. The quantitative estimate of drug-likeness (QED) is 0.855. The number of benzene rings is 1. The number of aryl methyl sites for hydroxylation is 1. The van der Waals surface area contributed by atoms with Gasteiger partial charge in [0.05, 0.1) is 10.6 Å². The summed E-state index contributed by atoms with van der Waals surface area (Å²) < 4.78 is 27.8. The van der Waals surface area contributed by atoms with Gasteiger partial charge in [-0.15, -0.1) is 0 Å². The minimum absolute atomic E-state index is 0.121. The maximum Gasteiger partial charge on any atom is 0.262 e. The predicted octanol–water partition coefficient (Wildman–Crippen LogP) is 4.14. The second-order valence-corrected chi connectivity index (χ2v) is 8.19. The molecule has 1 aromatic heterocycles. The molecule has 2 aromatic rings. The van der Waals surface area contributed by atoms with Gasteiger partial charge in [-0.1, -0.05) is 44.5 Å². The lowest BCUT2D eigenvalue weighted by Gasteiger charge is -2.21. The smallest absolute Gasteiger partial charge is 0.262 e. The molecule has 1 heterocycles. The van der Waals surface area contributed by atoms with Gasteiger partial charge in [-0.2, -0.15) is 0 Å². The average molecular weight is 339 g/mol. The van der Waals surface area contributed by atoms with E-state index in [1.165, 1.54) is 6.20 Å². The van der Waals surface area contributed by atoms with E-state index in [2.05, 4.69) is 9.71 Å². The lowest BCUT2D eigenvalue weighted by Crippen LogP contribution is -2.17. The largest absolute Gasteiger partial charge is 0.276 e. The Morgan fingerprint density at radius 3 is 2.45 bits per heavy atom. The summed E-state index contributed by atoms with van der Waals surface area (Å²) in [5, 5.41) is 0.121. The highest BCUT2D eigenvalue weighted by molar-refractivity contribution is 7.92. The molecule has 0 fully saturated rings. The van der Waals surface area contributed by atoms with Gasteiger partial charge in [-0.3, -0.25) is 4.72 Å². The zero-order chi connectivity index (χ0) is 16.5.